The summed E-state index contributed by atoms with van der Waals surface area (Å²) in [7, 11) is 2.26. The first-order chi connectivity index (χ1) is 6.15. The van der Waals surface area contributed by atoms with Crippen LogP contribution in [-0.2, 0) is 0 Å². The van der Waals surface area contributed by atoms with E-state index in [1.54, 1.807) is 0 Å². The van der Waals surface area contributed by atoms with E-state index >= 15 is 0 Å². The molecule has 0 N–H and O–H groups in total. The maximum absolute atomic E-state index is 2.56. The average Bonchev–Trinajstić information content (AvgIpc) is 2.46. The van der Waals surface area contributed by atoms with Gasteiger partial charge in [-0.05, 0) is 46.8 Å². The van der Waals surface area contributed by atoms with Gasteiger partial charge < -0.3 is 4.90 Å². The summed E-state index contributed by atoms with van der Waals surface area (Å²) in [5.74, 6) is 0. The van der Waals surface area contributed by atoms with Crippen LogP contribution >= 0.6 is 0 Å². The number of likely N-dealkylation sites (tertiary alicyclic amines) is 1. The molecule has 1 fully saturated rings. The molecule has 0 radical (unpaired) electrons. The van der Waals surface area contributed by atoms with Crippen LogP contribution in [0, 0.1) is 0 Å². The van der Waals surface area contributed by atoms with Gasteiger partial charge in [-0.25, -0.2) is 0 Å². The molecule has 0 aromatic carbocycles. The topological polar surface area (TPSA) is 6.48 Å². The van der Waals surface area contributed by atoms with Crippen LogP contribution in [0.1, 0.15) is 33.6 Å². The molecular formula is C11H24N2. The first-order valence-electron chi connectivity index (χ1n) is 5.59. The van der Waals surface area contributed by atoms with Crippen LogP contribution in [0.15, 0.2) is 0 Å². The van der Waals surface area contributed by atoms with Crippen molar-refractivity contribution in [1.29, 1.82) is 0 Å². The van der Waals surface area contributed by atoms with Crippen molar-refractivity contribution in [3.8, 4) is 0 Å². The largest absolute Gasteiger partial charge is 0.302 e. The molecule has 0 aromatic rings. The third-order valence-corrected chi connectivity index (χ3v) is 3.25. The zero-order chi connectivity index (χ0) is 9.84. The normalized spacial score (nSPS) is 24.9. The summed E-state index contributed by atoms with van der Waals surface area (Å²) in [6, 6.07) is 1.50. The molecule has 0 saturated carbocycles. The third-order valence-electron chi connectivity index (χ3n) is 3.25. The highest BCUT2D eigenvalue weighted by molar-refractivity contribution is 4.80. The van der Waals surface area contributed by atoms with Crippen molar-refractivity contribution in [2.24, 2.45) is 0 Å². The summed E-state index contributed by atoms with van der Waals surface area (Å²) >= 11 is 0. The number of hydrogen-bond acceptors (Lipinski definition) is 2. The summed E-state index contributed by atoms with van der Waals surface area (Å²) in [4.78, 5) is 5.07. The van der Waals surface area contributed by atoms with E-state index in [4.69, 9.17) is 0 Å². The summed E-state index contributed by atoms with van der Waals surface area (Å²) in [5.41, 5.74) is 0. The standard InChI is InChI=1S/C11H24N2/c1-5-13(10(2)3)9-11-7-6-8-12(11)4/h10-11H,5-9H2,1-4H3. The molecule has 0 amide bonds. The van der Waals surface area contributed by atoms with Crippen molar-refractivity contribution in [3.05, 3.63) is 0 Å². The maximum Gasteiger partial charge on any atom is 0.0220 e. The lowest BCUT2D eigenvalue weighted by atomic mass is 10.2. The zero-order valence-corrected chi connectivity index (χ0v) is 9.58. The summed E-state index contributed by atoms with van der Waals surface area (Å²) in [6.07, 6.45) is 2.77. The van der Waals surface area contributed by atoms with Crippen molar-refractivity contribution in [2.75, 3.05) is 26.7 Å². The predicted octanol–water partition coefficient (Wildman–Crippen LogP) is 1.81. The number of hydrogen-bond donors (Lipinski definition) is 0. The molecule has 78 valence electrons. The Bertz CT molecular complexity index is 145. The Labute approximate surface area is 82.9 Å². The van der Waals surface area contributed by atoms with Gasteiger partial charge in [-0.2, -0.15) is 0 Å². The second kappa shape index (κ2) is 4.97. The number of rotatable bonds is 4. The van der Waals surface area contributed by atoms with Crippen molar-refractivity contribution >= 4 is 0 Å². The molecule has 0 spiro atoms. The van der Waals surface area contributed by atoms with E-state index in [1.165, 1.54) is 32.5 Å². The fourth-order valence-electron chi connectivity index (χ4n) is 2.19. The molecule has 1 aliphatic heterocycles. The molecule has 1 atom stereocenters. The van der Waals surface area contributed by atoms with Gasteiger partial charge in [0.2, 0.25) is 0 Å². The van der Waals surface area contributed by atoms with Gasteiger partial charge in [0.25, 0.3) is 0 Å². The fraction of sp³-hybridized carbons (Fsp3) is 1.00. The Morgan fingerprint density at radius 3 is 2.54 bits per heavy atom. The van der Waals surface area contributed by atoms with E-state index in [9.17, 15) is 0 Å². The fourth-order valence-corrected chi connectivity index (χ4v) is 2.19. The second-order valence-corrected chi connectivity index (χ2v) is 4.46. The molecule has 0 bridgehead atoms. The summed E-state index contributed by atoms with van der Waals surface area (Å²) < 4.78 is 0. The molecule has 1 aliphatic rings. The van der Waals surface area contributed by atoms with E-state index in [2.05, 4.69) is 37.6 Å². The lowest BCUT2D eigenvalue weighted by Gasteiger charge is -2.30. The van der Waals surface area contributed by atoms with Crippen LogP contribution in [0.3, 0.4) is 0 Å². The lowest BCUT2D eigenvalue weighted by Crippen LogP contribution is -2.41. The Morgan fingerprint density at radius 1 is 1.46 bits per heavy atom. The molecule has 1 heterocycles. The van der Waals surface area contributed by atoms with Gasteiger partial charge in [0.1, 0.15) is 0 Å². The Kier molecular flexibility index (Phi) is 4.20. The van der Waals surface area contributed by atoms with Gasteiger partial charge in [0.15, 0.2) is 0 Å². The van der Waals surface area contributed by atoms with Crippen LogP contribution in [0.5, 0.6) is 0 Å². The average molecular weight is 184 g/mol. The molecule has 2 heteroatoms. The van der Waals surface area contributed by atoms with Crippen molar-refractivity contribution < 1.29 is 0 Å². The first-order valence-corrected chi connectivity index (χ1v) is 5.59. The molecular weight excluding hydrogens is 160 g/mol. The van der Waals surface area contributed by atoms with E-state index < -0.39 is 0 Å². The molecule has 0 aliphatic carbocycles. The highest BCUT2D eigenvalue weighted by atomic mass is 15.2. The van der Waals surface area contributed by atoms with Gasteiger partial charge in [0, 0.05) is 18.6 Å². The minimum Gasteiger partial charge on any atom is -0.302 e. The maximum atomic E-state index is 2.56. The van der Waals surface area contributed by atoms with Crippen molar-refractivity contribution in [2.45, 2.75) is 45.7 Å². The van der Waals surface area contributed by atoms with Crippen LogP contribution in [0.2, 0.25) is 0 Å². The molecule has 2 nitrogen and oxygen atoms in total. The third kappa shape index (κ3) is 2.96. The minimum absolute atomic E-state index is 0.694. The Morgan fingerprint density at radius 2 is 2.15 bits per heavy atom. The number of nitrogens with zero attached hydrogens (tertiary/aromatic N) is 2. The van der Waals surface area contributed by atoms with Gasteiger partial charge in [-0.1, -0.05) is 6.92 Å². The predicted molar refractivity (Wildman–Crippen MR) is 58.0 cm³/mol. The first kappa shape index (κ1) is 11.0. The van der Waals surface area contributed by atoms with E-state index in [0.29, 0.717) is 6.04 Å². The SMILES string of the molecule is CCN(CC1CCCN1C)C(C)C. The van der Waals surface area contributed by atoms with E-state index in [0.717, 1.165) is 6.04 Å². The minimum atomic E-state index is 0.694. The highest BCUT2D eigenvalue weighted by Crippen LogP contribution is 2.16. The second-order valence-electron chi connectivity index (χ2n) is 4.46. The lowest BCUT2D eigenvalue weighted by molar-refractivity contribution is 0.169. The van der Waals surface area contributed by atoms with Crippen LogP contribution in [-0.4, -0.2) is 48.6 Å². The van der Waals surface area contributed by atoms with E-state index in [-0.39, 0.29) is 0 Å². The van der Waals surface area contributed by atoms with Crippen LogP contribution < -0.4 is 0 Å². The van der Waals surface area contributed by atoms with Crippen molar-refractivity contribution in [1.82, 2.24) is 9.80 Å². The highest BCUT2D eigenvalue weighted by Gasteiger charge is 2.23. The van der Waals surface area contributed by atoms with Crippen LogP contribution in [0.4, 0.5) is 0 Å². The Hall–Kier alpha value is -0.0800. The van der Waals surface area contributed by atoms with Gasteiger partial charge in [-0.3, -0.25) is 4.90 Å². The smallest absolute Gasteiger partial charge is 0.0220 e. The quantitative estimate of drug-likeness (QED) is 0.657. The monoisotopic (exact) mass is 184 g/mol. The molecule has 1 unspecified atom stereocenters. The molecule has 1 saturated heterocycles. The molecule has 0 aromatic heterocycles. The zero-order valence-electron chi connectivity index (χ0n) is 9.58. The summed E-state index contributed by atoms with van der Waals surface area (Å²) in [6.45, 7) is 10.6. The van der Waals surface area contributed by atoms with Crippen LogP contribution in [0.25, 0.3) is 0 Å². The van der Waals surface area contributed by atoms with Gasteiger partial charge in [0.05, 0.1) is 0 Å². The summed E-state index contributed by atoms with van der Waals surface area (Å²) in [5, 5.41) is 0. The Balaban J connectivity index is 2.36. The molecule has 13 heavy (non-hydrogen) atoms. The van der Waals surface area contributed by atoms with Gasteiger partial charge >= 0.3 is 0 Å². The number of likely N-dealkylation sites (N-methyl/N-ethyl adjacent to an activating group) is 2. The van der Waals surface area contributed by atoms with E-state index in [1.807, 2.05) is 0 Å². The van der Waals surface area contributed by atoms with Gasteiger partial charge in [-0.15, -0.1) is 0 Å². The van der Waals surface area contributed by atoms with Crippen molar-refractivity contribution in [3.63, 3.8) is 0 Å². The molecule has 1 rings (SSSR count).